The second-order valence-electron chi connectivity index (χ2n) is 12.7. The molecule has 0 fully saturated rings. The lowest BCUT2D eigenvalue weighted by molar-refractivity contribution is 0.0109. The number of rotatable bonds is 17. The van der Waals surface area contributed by atoms with Gasteiger partial charge in [0.2, 0.25) is 0 Å². The predicted octanol–water partition coefficient (Wildman–Crippen LogP) is 9.60. The van der Waals surface area contributed by atoms with Crippen LogP contribution in [0.3, 0.4) is 0 Å². The molecule has 4 heteroatoms. The largest absolute Gasteiger partial charge is 0.373 e. The Morgan fingerprint density at radius 2 is 0.792 bits per heavy atom. The number of likely N-dealkylation sites (N-methyl/N-ethyl adjacent to an activating group) is 2. The van der Waals surface area contributed by atoms with Crippen molar-refractivity contribution in [1.29, 1.82) is 0 Å². The fourth-order valence-corrected chi connectivity index (χ4v) is 6.92. The third-order valence-corrected chi connectivity index (χ3v) is 9.37. The summed E-state index contributed by atoms with van der Waals surface area (Å²) in [5.74, 6) is 0.343. The summed E-state index contributed by atoms with van der Waals surface area (Å²) in [6.07, 6.45) is 1.71. The highest BCUT2D eigenvalue weighted by atomic mass is 16.5. The third-order valence-electron chi connectivity index (χ3n) is 9.37. The summed E-state index contributed by atoms with van der Waals surface area (Å²) in [4.78, 5) is 0. The second-order valence-corrected chi connectivity index (χ2v) is 12.7. The van der Waals surface area contributed by atoms with Crippen molar-refractivity contribution in [3.8, 4) is 0 Å². The molecule has 0 unspecified atom stereocenters. The van der Waals surface area contributed by atoms with E-state index in [1.165, 1.54) is 43.8 Å². The van der Waals surface area contributed by atoms with Crippen molar-refractivity contribution in [2.24, 2.45) is 0 Å². The van der Waals surface area contributed by atoms with E-state index < -0.39 is 0 Å². The van der Waals surface area contributed by atoms with Crippen molar-refractivity contribution >= 4 is 21.5 Å². The molecule has 48 heavy (non-hydrogen) atoms. The molecule has 6 aromatic rings. The number of fused-ring (bicyclic) bond motifs is 2. The first-order valence-corrected chi connectivity index (χ1v) is 17.3. The molecule has 0 saturated heterocycles. The Bertz CT molecular complexity index is 1700. The Kier molecular flexibility index (Phi) is 12.0. The minimum Gasteiger partial charge on any atom is -0.373 e. The van der Waals surface area contributed by atoms with Gasteiger partial charge in [-0.2, -0.15) is 0 Å². The molecule has 0 spiro atoms. The van der Waals surface area contributed by atoms with Crippen molar-refractivity contribution in [2.75, 3.05) is 40.4 Å². The molecule has 0 aliphatic heterocycles. The van der Waals surface area contributed by atoms with Gasteiger partial charge in [0, 0.05) is 38.1 Å². The van der Waals surface area contributed by atoms with E-state index in [-0.39, 0.29) is 24.0 Å². The van der Waals surface area contributed by atoms with Crippen LogP contribution in [-0.4, -0.2) is 40.4 Å². The van der Waals surface area contributed by atoms with Gasteiger partial charge in [-0.05, 0) is 70.7 Å². The van der Waals surface area contributed by atoms with Crippen molar-refractivity contribution in [3.63, 3.8) is 0 Å². The van der Waals surface area contributed by atoms with E-state index >= 15 is 0 Å². The van der Waals surface area contributed by atoms with E-state index in [1.54, 1.807) is 0 Å². The molecule has 4 nitrogen and oxygen atoms in total. The van der Waals surface area contributed by atoms with E-state index in [0.717, 1.165) is 25.9 Å². The maximum Gasteiger partial charge on any atom is 0.0905 e. The van der Waals surface area contributed by atoms with Gasteiger partial charge in [-0.3, -0.25) is 0 Å². The van der Waals surface area contributed by atoms with Gasteiger partial charge in [-0.25, -0.2) is 0 Å². The molecule has 0 saturated carbocycles. The first kappa shape index (κ1) is 33.6. The molecule has 4 atom stereocenters. The topological polar surface area (TPSA) is 42.5 Å². The maximum absolute atomic E-state index is 6.79. The Hall–Kier alpha value is -4.32. The lowest BCUT2D eigenvalue weighted by Gasteiger charge is -2.29. The van der Waals surface area contributed by atoms with Crippen LogP contribution in [0.1, 0.15) is 59.1 Å². The number of nitrogens with one attached hydrogen (secondary N) is 2. The summed E-state index contributed by atoms with van der Waals surface area (Å²) in [7, 11) is 4.05. The minimum absolute atomic E-state index is 0.0642. The van der Waals surface area contributed by atoms with Crippen molar-refractivity contribution < 1.29 is 9.47 Å². The van der Waals surface area contributed by atoms with Gasteiger partial charge in [0.15, 0.2) is 0 Å². The van der Waals surface area contributed by atoms with E-state index in [1.807, 2.05) is 14.1 Å². The molecular weight excluding hydrogens is 588 g/mol. The Morgan fingerprint density at radius 1 is 0.417 bits per heavy atom. The minimum atomic E-state index is -0.0642. The molecule has 0 radical (unpaired) electrons. The molecule has 6 rings (SSSR count). The van der Waals surface area contributed by atoms with Crippen molar-refractivity contribution in [3.05, 3.63) is 168 Å². The van der Waals surface area contributed by atoms with Gasteiger partial charge >= 0.3 is 0 Å². The summed E-state index contributed by atoms with van der Waals surface area (Å²) in [5, 5.41) is 11.9. The van der Waals surface area contributed by atoms with Gasteiger partial charge in [-0.1, -0.05) is 146 Å². The summed E-state index contributed by atoms with van der Waals surface area (Å²) in [5.41, 5.74) is 4.98. The van der Waals surface area contributed by atoms with E-state index in [2.05, 4.69) is 156 Å². The van der Waals surface area contributed by atoms with E-state index in [0.29, 0.717) is 13.2 Å². The van der Waals surface area contributed by atoms with Gasteiger partial charge in [0.25, 0.3) is 0 Å². The maximum atomic E-state index is 6.79. The van der Waals surface area contributed by atoms with Crippen molar-refractivity contribution in [2.45, 2.75) is 36.9 Å². The van der Waals surface area contributed by atoms with Crippen LogP contribution in [0.2, 0.25) is 0 Å². The number of hydrogen-bond donors (Lipinski definition) is 2. The van der Waals surface area contributed by atoms with Crippen molar-refractivity contribution in [1.82, 2.24) is 10.6 Å². The highest BCUT2D eigenvalue weighted by Gasteiger charge is 2.27. The highest BCUT2D eigenvalue weighted by Crippen LogP contribution is 2.37. The quantitative estimate of drug-likeness (QED) is 0.0979. The normalized spacial score (nSPS) is 14.1. The summed E-state index contributed by atoms with van der Waals surface area (Å²) >= 11 is 0. The average Bonchev–Trinajstić information content (AvgIpc) is 3.15. The van der Waals surface area contributed by atoms with Crippen LogP contribution in [0.4, 0.5) is 0 Å². The Labute approximate surface area is 286 Å². The summed E-state index contributed by atoms with van der Waals surface area (Å²) < 4.78 is 13.6. The Balaban J connectivity index is 1.14. The molecule has 0 aromatic heterocycles. The molecular formula is C44H48N2O2. The number of benzene rings is 6. The van der Waals surface area contributed by atoms with Gasteiger partial charge in [0.05, 0.1) is 12.2 Å². The first-order chi connectivity index (χ1) is 23.7. The molecule has 0 heterocycles. The first-order valence-electron chi connectivity index (χ1n) is 17.3. The summed E-state index contributed by atoms with van der Waals surface area (Å²) in [6.45, 7) is 2.97. The van der Waals surface area contributed by atoms with Crippen LogP contribution in [-0.2, 0) is 9.47 Å². The lowest BCUT2D eigenvalue weighted by Crippen LogP contribution is -2.26. The van der Waals surface area contributed by atoms with Gasteiger partial charge in [0.1, 0.15) is 0 Å². The van der Waals surface area contributed by atoms with Crippen LogP contribution in [0, 0.1) is 0 Å². The second kappa shape index (κ2) is 17.2. The van der Waals surface area contributed by atoms with Gasteiger partial charge < -0.3 is 20.1 Å². The lowest BCUT2D eigenvalue weighted by atomic mass is 9.87. The molecule has 246 valence electrons. The summed E-state index contributed by atoms with van der Waals surface area (Å²) in [6, 6.07) is 52.1. The SMILES string of the molecule is CNC[C@H](c1ccc2ccccc2c1)[C@@H](OCCCCO[C@@H](c1ccccc1)[C@H](CNC)c1ccc2ccccc2c1)c1ccccc1. The van der Waals surface area contributed by atoms with Crippen LogP contribution in [0.15, 0.2) is 146 Å². The molecule has 6 aromatic carbocycles. The van der Waals surface area contributed by atoms with Gasteiger partial charge in [-0.15, -0.1) is 0 Å². The smallest absolute Gasteiger partial charge is 0.0905 e. The monoisotopic (exact) mass is 636 g/mol. The zero-order chi connectivity index (χ0) is 33.0. The number of hydrogen-bond acceptors (Lipinski definition) is 4. The van der Waals surface area contributed by atoms with Crippen LogP contribution in [0.25, 0.3) is 21.5 Å². The molecule has 0 aliphatic rings. The molecule has 2 N–H and O–H groups in total. The number of unbranched alkanes of at least 4 members (excludes halogenated alkanes) is 1. The molecule has 0 bridgehead atoms. The molecule has 0 aliphatic carbocycles. The van der Waals surface area contributed by atoms with E-state index in [4.69, 9.17) is 9.47 Å². The fraction of sp³-hybridized carbons (Fsp3) is 0.273. The van der Waals surface area contributed by atoms with E-state index in [9.17, 15) is 0 Å². The zero-order valence-electron chi connectivity index (χ0n) is 28.2. The highest BCUT2D eigenvalue weighted by molar-refractivity contribution is 5.84. The molecule has 0 amide bonds. The number of ether oxygens (including phenoxy) is 2. The Morgan fingerprint density at radius 3 is 1.19 bits per heavy atom. The standard InChI is InChI=1S/C44H48N2O2/c1-45-31-41(39-25-23-33-15-9-11-21-37(33)29-39)43(35-17-5-3-6-18-35)47-27-13-14-28-48-44(36-19-7-4-8-20-36)42(32-46-2)40-26-24-34-16-10-12-22-38(34)30-40/h3-12,15-26,29-30,41-46H,13-14,27-28,31-32H2,1-2H3/t41-,42-,43+,44+/m1/s1. The van der Waals surface area contributed by atoms with Crippen LogP contribution < -0.4 is 10.6 Å². The zero-order valence-corrected chi connectivity index (χ0v) is 28.2. The van der Waals surface area contributed by atoms with Crippen LogP contribution in [0.5, 0.6) is 0 Å². The third kappa shape index (κ3) is 8.39. The fourth-order valence-electron chi connectivity index (χ4n) is 6.92. The van der Waals surface area contributed by atoms with Crippen LogP contribution >= 0.6 is 0 Å². The average molecular weight is 637 g/mol. The predicted molar refractivity (Wildman–Crippen MR) is 201 cm³/mol.